The van der Waals surface area contributed by atoms with Gasteiger partial charge in [-0.15, -0.1) is 0 Å². The Bertz CT molecular complexity index is 369. The molecule has 2 fully saturated rings. The van der Waals surface area contributed by atoms with Crippen molar-refractivity contribution in [2.75, 3.05) is 13.2 Å². The van der Waals surface area contributed by atoms with Crippen LogP contribution in [0, 0.1) is 17.3 Å². The Morgan fingerprint density at radius 2 is 1.75 bits per heavy atom. The molecule has 2 unspecified atom stereocenters. The van der Waals surface area contributed by atoms with Crippen molar-refractivity contribution >= 4 is 5.78 Å². The van der Waals surface area contributed by atoms with Gasteiger partial charge in [-0.2, -0.15) is 0 Å². The van der Waals surface area contributed by atoms with E-state index in [0.717, 1.165) is 11.1 Å². The first-order valence-corrected chi connectivity index (χ1v) is 5.95. The summed E-state index contributed by atoms with van der Waals surface area (Å²) >= 11 is 0. The number of allylic oxidation sites excluding steroid dienone is 2. The maximum Gasteiger partial charge on any atom is 0.185 e. The molecule has 0 aromatic heterocycles. The van der Waals surface area contributed by atoms with Crippen LogP contribution in [0.2, 0.25) is 0 Å². The van der Waals surface area contributed by atoms with Gasteiger partial charge in [-0.1, -0.05) is 32.9 Å². The summed E-state index contributed by atoms with van der Waals surface area (Å²) in [5.41, 5.74) is 1.99. The van der Waals surface area contributed by atoms with Gasteiger partial charge >= 0.3 is 0 Å². The molecule has 2 rings (SSSR count). The molecular weight excluding hydrogens is 200 g/mol. The summed E-state index contributed by atoms with van der Waals surface area (Å²) in [6.45, 7) is 9.75. The fourth-order valence-corrected chi connectivity index (χ4v) is 2.66. The molecule has 2 aliphatic rings. The maximum absolute atomic E-state index is 12.2. The molecule has 0 bridgehead atoms. The van der Waals surface area contributed by atoms with Crippen LogP contribution in [0.3, 0.4) is 0 Å². The zero-order chi connectivity index (χ0) is 11.9. The second kappa shape index (κ2) is 3.85. The molecule has 1 saturated heterocycles. The number of hydrogen-bond donors (Lipinski definition) is 0. The van der Waals surface area contributed by atoms with E-state index in [1.807, 2.05) is 13.0 Å². The zero-order valence-corrected chi connectivity index (χ0v) is 10.5. The molecular formula is C14H20O2. The van der Waals surface area contributed by atoms with Crippen LogP contribution >= 0.6 is 0 Å². The lowest BCUT2D eigenvalue weighted by Gasteiger charge is -2.15. The highest BCUT2D eigenvalue weighted by Gasteiger charge is 2.45. The summed E-state index contributed by atoms with van der Waals surface area (Å²) in [4.78, 5) is 12.2. The number of carbonyl (C=O) groups excluding carboxylic acids is 1. The first-order valence-electron chi connectivity index (χ1n) is 5.95. The molecule has 1 aliphatic heterocycles. The summed E-state index contributed by atoms with van der Waals surface area (Å²) in [5.74, 6) is 0.861. The van der Waals surface area contributed by atoms with E-state index < -0.39 is 0 Å². The van der Waals surface area contributed by atoms with Crippen molar-refractivity contribution in [1.82, 2.24) is 0 Å². The van der Waals surface area contributed by atoms with Crippen molar-refractivity contribution in [2.45, 2.75) is 27.7 Å². The van der Waals surface area contributed by atoms with Crippen LogP contribution in [0.1, 0.15) is 27.7 Å². The average Bonchev–Trinajstić information content (AvgIpc) is 2.69. The lowest BCUT2D eigenvalue weighted by molar-refractivity contribution is -0.112. The normalized spacial score (nSPS) is 35.1. The van der Waals surface area contributed by atoms with Gasteiger partial charge in [0.1, 0.15) is 0 Å². The van der Waals surface area contributed by atoms with E-state index in [4.69, 9.17) is 4.74 Å². The van der Waals surface area contributed by atoms with Crippen LogP contribution in [-0.2, 0) is 9.53 Å². The smallest absolute Gasteiger partial charge is 0.185 e. The minimum atomic E-state index is 0.0569. The van der Waals surface area contributed by atoms with Crippen molar-refractivity contribution in [2.24, 2.45) is 17.3 Å². The number of Topliss-reactive ketones (excluding diaryl/α,β-unsaturated/α-hetero) is 1. The Labute approximate surface area is 97.4 Å². The molecule has 1 saturated carbocycles. The number of ether oxygens (including phenoxy) is 1. The van der Waals surface area contributed by atoms with Gasteiger partial charge < -0.3 is 4.74 Å². The Balaban J connectivity index is 2.40. The monoisotopic (exact) mass is 220 g/mol. The molecule has 1 aliphatic carbocycles. The molecule has 0 N–H and O–H groups in total. The molecule has 0 spiro atoms. The van der Waals surface area contributed by atoms with E-state index >= 15 is 0 Å². The van der Waals surface area contributed by atoms with Crippen molar-refractivity contribution in [1.29, 1.82) is 0 Å². The largest absolute Gasteiger partial charge is 0.380 e. The quantitative estimate of drug-likeness (QED) is 0.587. The van der Waals surface area contributed by atoms with Gasteiger partial charge in [0.05, 0.1) is 13.2 Å². The minimum absolute atomic E-state index is 0.0569. The molecule has 2 atom stereocenters. The van der Waals surface area contributed by atoms with Crippen molar-refractivity contribution < 1.29 is 9.53 Å². The van der Waals surface area contributed by atoms with Gasteiger partial charge in [-0.25, -0.2) is 0 Å². The van der Waals surface area contributed by atoms with Gasteiger partial charge in [0, 0.05) is 23.0 Å². The van der Waals surface area contributed by atoms with Gasteiger partial charge in [-0.05, 0) is 12.3 Å². The molecule has 16 heavy (non-hydrogen) atoms. The highest BCUT2D eigenvalue weighted by atomic mass is 16.5. The summed E-state index contributed by atoms with van der Waals surface area (Å²) < 4.78 is 5.50. The van der Waals surface area contributed by atoms with E-state index in [-0.39, 0.29) is 11.2 Å². The molecule has 1 heterocycles. The highest BCUT2D eigenvalue weighted by Crippen LogP contribution is 2.43. The molecule has 2 nitrogen and oxygen atoms in total. The molecule has 0 amide bonds. The first kappa shape index (κ1) is 11.6. The van der Waals surface area contributed by atoms with Crippen LogP contribution in [0.25, 0.3) is 0 Å². The molecule has 88 valence electrons. The van der Waals surface area contributed by atoms with Crippen LogP contribution in [-0.4, -0.2) is 19.0 Å². The lowest BCUT2D eigenvalue weighted by Crippen LogP contribution is -2.11. The molecule has 0 aromatic rings. The summed E-state index contributed by atoms with van der Waals surface area (Å²) in [5, 5.41) is 0. The number of hydrogen-bond acceptors (Lipinski definition) is 2. The highest BCUT2D eigenvalue weighted by molar-refractivity contribution is 6.12. The van der Waals surface area contributed by atoms with E-state index in [9.17, 15) is 4.79 Å². The van der Waals surface area contributed by atoms with Crippen LogP contribution < -0.4 is 0 Å². The van der Waals surface area contributed by atoms with Gasteiger partial charge in [0.2, 0.25) is 0 Å². The van der Waals surface area contributed by atoms with Crippen molar-refractivity contribution in [3.63, 3.8) is 0 Å². The van der Waals surface area contributed by atoms with Crippen LogP contribution in [0.4, 0.5) is 0 Å². The maximum atomic E-state index is 12.2. The SMILES string of the molecule is C/C=C1/C(=O)/C(=C/C(C)(C)C)C2COCC12. The van der Waals surface area contributed by atoms with Crippen LogP contribution in [0.5, 0.6) is 0 Å². The summed E-state index contributed by atoms with van der Waals surface area (Å²) in [6, 6.07) is 0. The number of fused-ring (bicyclic) bond motifs is 1. The Morgan fingerprint density at radius 3 is 2.25 bits per heavy atom. The second-order valence-electron chi connectivity index (χ2n) is 5.79. The average molecular weight is 220 g/mol. The Kier molecular flexibility index (Phi) is 2.79. The van der Waals surface area contributed by atoms with Gasteiger partial charge in [0.15, 0.2) is 5.78 Å². The predicted octanol–water partition coefficient (Wildman–Crippen LogP) is 2.75. The minimum Gasteiger partial charge on any atom is -0.380 e. The first-order chi connectivity index (χ1) is 7.44. The van der Waals surface area contributed by atoms with E-state index in [0.29, 0.717) is 25.0 Å². The van der Waals surface area contributed by atoms with Gasteiger partial charge in [-0.3, -0.25) is 4.79 Å². The Hall–Kier alpha value is -0.890. The lowest BCUT2D eigenvalue weighted by atomic mass is 9.88. The number of carbonyl (C=O) groups is 1. The third kappa shape index (κ3) is 1.86. The van der Waals surface area contributed by atoms with E-state index in [1.165, 1.54) is 0 Å². The fraction of sp³-hybridized carbons (Fsp3) is 0.643. The third-order valence-corrected chi connectivity index (χ3v) is 3.30. The Morgan fingerprint density at radius 1 is 1.19 bits per heavy atom. The fourth-order valence-electron chi connectivity index (χ4n) is 2.66. The van der Waals surface area contributed by atoms with Gasteiger partial charge in [0.25, 0.3) is 0 Å². The second-order valence-corrected chi connectivity index (χ2v) is 5.79. The zero-order valence-electron chi connectivity index (χ0n) is 10.5. The third-order valence-electron chi connectivity index (χ3n) is 3.30. The number of rotatable bonds is 0. The van der Waals surface area contributed by atoms with E-state index in [2.05, 4.69) is 26.8 Å². The molecule has 0 aromatic carbocycles. The van der Waals surface area contributed by atoms with E-state index in [1.54, 1.807) is 0 Å². The standard InChI is InChI=1S/C14H20O2/c1-5-9-11-7-16-8-12(11)10(13(9)15)6-14(2,3)4/h5-6,11-12H,7-8H2,1-4H3/b9-5+,10-6+. The summed E-state index contributed by atoms with van der Waals surface area (Å²) in [7, 11) is 0. The topological polar surface area (TPSA) is 26.3 Å². The van der Waals surface area contributed by atoms with Crippen LogP contribution in [0.15, 0.2) is 23.3 Å². The summed E-state index contributed by atoms with van der Waals surface area (Å²) in [6.07, 6.45) is 4.08. The molecule has 0 radical (unpaired) electrons. The number of ketones is 1. The van der Waals surface area contributed by atoms with Crippen molar-refractivity contribution in [3.05, 3.63) is 23.3 Å². The van der Waals surface area contributed by atoms with Crippen molar-refractivity contribution in [3.8, 4) is 0 Å². The molecule has 2 heteroatoms. The predicted molar refractivity (Wildman–Crippen MR) is 64.1 cm³/mol.